The standard InChI is InChI=1S/C65H51NS/c1-64(2,3)46-34-30-42(31-35-46)45-33-38-58(54(40-45)43-18-7-6-8-19-43)66(47-36-37-57-55(41-47)50-23-13-15-27-56(50)65(57,4)5)59-39-32-44-20-9-10-21-48(44)62(59)51-24-12-11-22-49(51)52-26-17-29-61-63(52)53-25-14-16-28-60(53)67-61/h6-41H,1-5H3. The van der Waals surface area contributed by atoms with Crippen molar-refractivity contribution >= 4 is 59.3 Å². The molecule has 1 nitrogen and oxygen atoms in total. The van der Waals surface area contributed by atoms with Crippen molar-refractivity contribution in [2.24, 2.45) is 0 Å². The first-order valence-corrected chi connectivity index (χ1v) is 24.3. The number of hydrogen-bond donors (Lipinski definition) is 0. The lowest BCUT2D eigenvalue weighted by atomic mass is 9.82. The first kappa shape index (κ1) is 40.9. The Bertz CT molecular complexity index is 3700. The van der Waals surface area contributed by atoms with Crippen LogP contribution in [0.15, 0.2) is 218 Å². The van der Waals surface area contributed by atoms with Crippen LogP contribution in [0.1, 0.15) is 51.3 Å². The third-order valence-electron chi connectivity index (χ3n) is 14.3. The molecule has 0 bridgehead atoms. The van der Waals surface area contributed by atoms with E-state index in [0.717, 1.165) is 17.1 Å². The van der Waals surface area contributed by atoms with Crippen molar-refractivity contribution in [1.82, 2.24) is 0 Å². The number of hydrogen-bond acceptors (Lipinski definition) is 2. The Morgan fingerprint density at radius 3 is 1.84 bits per heavy atom. The summed E-state index contributed by atoms with van der Waals surface area (Å²) >= 11 is 1.87. The monoisotopic (exact) mass is 877 g/mol. The van der Waals surface area contributed by atoms with Gasteiger partial charge in [-0.05, 0) is 120 Å². The molecule has 10 aromatic carbocycles. The minimum atomic E-state index is -0.116. The first-order chi connectivity index (χ1) is 32.6. The molecule has 1 aliphatic rings. The second-order valence-electron chi connectivity index (χ2n) is 19.7. The lowest BCUT2D eigenvalue weighted by Gasteiger charge is -2.32. The summed E-state index contributed by atoms with van der Waals surface area (Å²) < 4.78 is 2.61. The van der Waals surface area contributed by atoms with Crippen LogP contribution < -0.4 is 4.90 Å². The van der Waals surface area contributed by atoms with Gasteiger partial charge < -0.3 is 4.90 Å². The van der Waals surface area contributed by atoms with Gasteiger partial charge in [-0.1, -0.05) is 211 Å². The van der Waals surface area contributed by atoms with Crippen molar-refractivity contribution in [1.29, 1.82) is 0 Å². The van der Waals surface area contributed by atoms with Crippen molar-refractivity contribution in [3.63, 3.8) is 0 Å². The van der Waals surface area contributed by atoms with Crippen LogP contribution in [0.2, 0.25) is 0 Å². The number of benzene rings is 10. The van der Waals surface area contributed by atoms with Crippen LogP contribution in [0, 0.1) is 0 Å². The summed E-state index contributed by atoms with van der Waals surface area (Å²) in [4.78, 5) is 2.56. The maximum absolute atomic E-state index is 2.56. The van der Waals surface area contributed by atoms with Crippen LogP contribution >= 0.6 is 11.3 Å². The third kappa shape index (κ3) is 6.81. The topological polar surface area (TPSA) is 3.24 Å². The highest BCUT2D eigenvalue weighted by atomic mass is 32.1. The maximum Gasteiger partial charge on any atom is 0.0546 e. The summed E-state index contributed by atoms with van der Waals surface area (Å²) in [6.07, 6.45) is 0. The zero-order chi connectivity index (χ0) is 45.4. The van der Waals surface area contributed by atoms with Gasteiger partial charge in [-0.2, -0.15) is 0 Å². The van der Waals surface area contributed by atoms with Gasteiger partial charge in [0.15, 0.2) is 0 Å². The zero-order valence-corrected chi connectivity index (χ0v) is 39.5. The minimum Gasteiger partial charge on any atom is -0.309 e. The van der Waals surface area contributed by atoms with E-state index in [1.807, 2.05) is 11.3 Å². The van der Waals surface area contributed by atoms with E-state index in [2.05, 4.69) is 258 Å². The molecular formula is C65H51NS. The molecule has 0 spiro atoms. The van der Waals surface area contributed by atoms with Crippen molar-refractivity contribution in [3.05, 3.63) is 235 Å². The summed E-state index contributed by atoms with van der Waals surface area (Å²) in [6, 6.07) is 81.8. The van der Waals surface area contributed by atoms with Crippen LogP contribution in [0.3, 0.4) is 0 Å². The molecule has 2 heteroatoms. The zero-order valence-electron chi connectivity index (χ0n) is 38.6. The van der Waals surface area contributed by atoms with Gasteiger partial charge in [0.1, 0.15) is 0 Å². The predicted octanol–water partition coefficient (Wildman–Crippen LogP) is 18.9. The van der Waals surface area contributed by atoms with Gasteiger partial charge in [0.25, 0.3) is 0 Å². The van der Waals surface area contributed by atoms with Crippen LogP contribution in [0.5, 0.6) is 0 Å². The highest BCUT2D eigenvalue weighted by molar-refractivity contribution is 7.25. The van der Waals surface area contributed by atoms with Crippen molar-refractivity contribution in [2.45, 2.75) is 45.4 Å². The minimum absolute atomic E-state index is 0.0733. The SMILES string of the molecule is CC(C)(C)c1ccc(-c2ccc(N(c3ccc4c(c3)-c3ccccc3C4(C)C)c3ccc4ccccc4c3-c3ccccc3-c3cccc4sc5ccccc5c34)c(-c3ccccc3)c2)cc1. The number of nitrogens with zero attached hydrogens (tertiary/aromatic N) is 1. The number of thiophene rings is 1. The van der Waals surface area contributed by atoms with Gasteiger partial charge in [-0.3, -0.25) is 0 Å². The molecule has 0 N–H and O–H groups in total. The lowest BCUT2D eigenvalue weighted by Crippen LogP contribution is -2.16. The molecule has 0 atom stereocenters. The van der Waals surface area contributed by atoms with Crippen LogP contribution in [-0.4, -0.2) is 0 Å². The van der Waals surface area contributed by atoms with E-state index in [4.69, 9.17) is 0 Å². The predicted molar refractivity (Wildman–Crippen MR) is 290 cm³/mol. The summed E-state index contributed by atoms with van der Waals surface area (Å²) in [6.45, 7) is 11.6. The quantitative estimate of drug-likeness (QED) is 0.154. The Hall–Kier alpha value is -7.52. The van der Waals surface area contributed by atoms with Crippen LogP contribution in [0.4, 0.5) is 17.1 Å². The van der Waals surface area contributed by atoms with E-state index in [0.29, 0.717) is 0 Å². The van der Waals surface area contributed by atoms with Crippen molar-refractivity contribution in [2.75, 3.05) is 4.90 Å². The van der Waals surface area contributed by atoms with Crippen LogP contribution in [-0.2, 0) is 10.8 Å². The van der Waals surface area contributed by atoms with E-state index >= 15 is 0 Å². The molecule has 1 heterocycles. The summed E-state index contributed by atoms with van der Waals surface area (Å²) in [5.41, 5.74) is 19.6. The fraction of sp³-hybridized carbons (Fsp3) is 0.108. The van der Waals surface area contributed by atoms with E-state index in [9.17, 15) is 0 Å². The molecule has 322 valence electrons. The first-order valence-electron chi connectivity index (χ1n) is 23.5. The molecule has 0 saturated heterocycles. The molecule has 1 aliphatic carbocycles. The average Bonchev–Trinajstić information content (AvgIpc) is 3.86. The van der Waals surface area contributed by atoms with Gasteiger partial charge in [0, 0.05) is 42.4 Å². The second kappa shape index (κ2) is 15.8. The van der Waals surface area contributed by atoms with Gasteiger partial charge in [0.2, 0.25) is 0 Å². The molecule has 1 aromatic heterocycles. The van der Waals surface area contributed by atoms with Gasteiger partial charge in [-0.15, -0.1) is 11.3 Å². The van der Waals surface area contributed by atoms with Crippen molar-refractivity contribution < 1.29 is 0 Å². The Kier molecular flexibility index (Phi) is 9.68. The Labute approximate surface area is 398 Å². The molecule has 0 amide bonds. The van der Waals surface area contributed by atoms with Crippen molar-refractivity contribution in [3.8, 4) is 55.6 Å². The second-order valence-corrected chi connectivity index (χ2v) is 20.7. The highest BCUT2D eigenvalue weighted by Crippen LogP contribution is 2.54. The average molecular weight is 878 g/mol. The summed E-state index contributed by atoms with van der Waals surface area (Å²) in [7, 11) is 0. The molecule has 0 fully saturated rings. The van der Waals surface area contributed by atoms with Crippen LogP contribution in [0.25, 0.3) is 86.6 Å². The number of anilines is 3. The molecule has 11 aromatic rings. The van der Waals surface area contributed by atoms with E-state index in [1.165, 1.54) is 103 Å². The van der Waals surface area contributed by atoms with E-state index < -0.39 is 0 Å². The van der Waals surface area contributed by atoms with E-state index in [1.54, 1.807) is 0 Å². The Balaban J connectivity index is 1.16. The van der Waals surface area contributed by atoms with E-state index in [-0.39, 0.29) is 10.8 Å². The molecule has 12 rings (SSSR count). The molecule has 67 heavy (non-hydrogen) atoms. The largest absolute Gasteiger partial charge is 0.309 e. The Morgan fingerprint density at radius 2 is 1.03 bits per heavy atom. The normalized spacial score (nSPS) is 13.0. The van der Waals surface area contributed by atoms with Gasteiger partial charge in [0.05, 0.1) is 11.4 Å². The van der Waals surface area contributed by atoms with Gasteiger partial charge >= 0.3 is 0 Å². The summed E-state index contributed by atoms with van der Waals surface area (Å²) in [5.74, 6) is 0. The highest BCUT2D eigenvalue weighted by Gasteiger charge is 2.36. The maximum atomic E-state index is 2.56. The smallest absolute Gasteiger partial charge is 0.0546 e. The Morgan fingerprint density at radius 1 is 0.403 bits per heavy atom. The third-order valence-corrected chi connectivity index (χ3v) is 15.4. The molecular weight excluding hydrogens is 827 g/mol. The summed E-state index contributed by atoms with van der Waals surface area (Å²) in [5, 5.41) is 5.03. The molecule has 0 saturated carbocycles. The van der Waals surface area contributed by atoms with Gasteiger partial charge in [-0.25, -0.2) is 0 Å². The lowest BCUT2D eigenvalue weighted by molar-refractivity contribution is 0.590. The molecule has 0 unspecified atom stereocenters. The number of fused-ring (bicyclic) bond motifs is 7. The molecule has 0 radical (unpaired) electrons. The fourth-order valence-electron chi connectivity index (χ4n) is 10.8. The molecule has 0 aliphatic heterocycles. The fourth-order valence-corrected chi connectivity index (χ4v) is 12.0. The number of rotatable bonds is 7.